The summed E-state index contributed by atoms with van der Waals surface area (Å²) in [6, 6.07) is 4.14. The predicted octanol–water partition coefficient (Wildman–Crippen LogP) is 2.36. The van der Waals surface area contributed by atoms with Crippen LogP contribution in [-0.2, 0) is 4.74 Å². The maximum atomic E-state index is 5.59. The third-order valence-electron chi connectivity index (χ3n) is 2.96. The van der Waals surface area contributed by atoms with Gasteiger partial charge in [0, 0.05) is 7.11 Å². The Morgan fingerprint density at radius 1 is 1.60 bits per heavy atom. The van der Waals surface area contributed by atoms with Crippen LogP contribution in [0.1, 0.15) is 31.6 Å². The van der Waals surface area contributed by atoms with Crippen LogP contribution in [0.15, 0.2) is 22.8 Å². The number of ether oxygens (including phenoxy) is 1. The molecule has 1 N–H and O–H groups in total. The van der Waals surface area contributed by atoms with Crippen LogP contribution in [0.25, 0.3) is 0 Å². The van der Waals surface area contributed by atoms with E-state index in [4.69, 9.17) is 9.15 Å². The SMILES string of the molecule is CCNC(c1ccco1)C(OC)C1CC1. The van der Waals surface area contributed by atoms with E-state index >= 15 is 0 Å². The van der Waals surface area contributed by atoms with Gasteiger partial charge in [0.1, 0.15) is 5.76 Å². The summed E-state index contributed by atoms with van der Waals surface area (Å²) in [5.41, 5.74) is 0. The van der Waals surface area contributed by atoms with Crippen molar-refractivity contribution in [3.05, 3.63) is 24.2 Å². The fraction of sp³-hybridized carbons (Fsp3) is 0.667. The summed E-state index contributed by atoms with van der Waals surface area (Å²) in [5, 5.41) is 3.44. The molecule has 84 valence electrons. The van der Waals surface area contributed by atoms with Gasteiger partial charge in [-0.25, -0.2) is 0 Å². The lowest BCUT2D eigenvalue weighted by atomic mass is 10.0. The molecule has 0 amide bonds. The average Bonchev–Trinajstić information content (AvgIpc) is 2.94. The van der Waals surface area contributed by atoms with Crippen LogP contribution in [0.5, 0.6) is 0 Å². The zero-order chi connectivity index (χ0) is 10.7. The van der Waals surface area contributed by atoms with Gasteiger partial charge in [-0.3, -0.25) is 0 Å². The number of rotatable bonds is 6. The average molecular weight is 209 g/mol. The first-order valence-corrected chi connectivity index (χ1v) is 5.66. The minimum Gasteiger partial charge on any atom is -0.468 e. The molecular weight excluding hydrogens is 190 g/mol. The Morgan fingerprint density at radius 2 is 2.40 bits per heavy atom. The van der Waals surface area contributed by atoms with Crippen LogP contribution >= 0.6 is 0 Å². The summed E-state index contributed by atoms with van der Waals surface area (Å²) in [6.45, 7) is 3.04. The Balaban J connectivity index is 2.10. The molecule has 2 unspecified atom stereocenters. The van der Waals surface area contributed by atoms with E-state index in [0.717, 1.165) is 12.3 Å². The molecule has 0 saturated heterocycles. The van der Waals surface area contributed by atoms with E-state index in [0.29, 0.717) is 5.92 Å². The van der Waals surface area contributed by atoms with Gasteiger partial charge in [0.05, 0.1) is 18.4 Å². The topological polar surface area (TPSA) is 34.4 Å². The molecule has 15 heavy (non-hydrogen) atoms. The highest BCUT2D eigenvalue weighted by Gasteiger charge is 2.38. The van der Waals surface area contributed by atoms with Gasteiger partial charge < -0.3 is 14.5 Å². The lowest BCUT2D eigenvalue weighted by Gasteiger charge is -2.24. The molecule has 3 heteroatoms. The van der Waals surface area contributed by atoms with Crippen molar-refractivity contribution in [2.45, 2.75) is 31.9 Å². The fourth-order valence-electron chi connectivity index (χ4n) is 2.09. The highest BCUT2D eigenvalue weighted by molar-refractivity contribution is 5.08. The highest BCUT2D eigenvalue weighted by atomic mass is 16.5. The first-order valence-electron chi connectivity index (χ1n) is 5.66. The third kappa shape index (κ3) is 2.41. The molecule has 0 bridgehead atoms. The van der Waals surface area contributed by atoms with Crippen molar-refractivity contribution in [3.8, 4) is 0 Å². The Kier molecular flexibility index (Phi) is 3.44. The van der Waals surface area contributed by atoms with Gasteiger partial charge in [-0.2, -0.15) is 0 Å². The molecule has 2 atom stereocenters. The summed E-state index contributed by atoms with van der Waals surface area (Å²) in [4.78, 5) is 0. The summed E-state index contributed by atoms with van der Waals surface area (Å²) in [7, 11) is 1.79. The van der Waals surface area contributed by atoms with Crippen LogP contribution in [-0.4, -0.2) is 19.8 Å². The number of methoxy groups -OCH3 is 1. The summed E-state index contributed by atoms with van der Waals surface area (Å²) < 4.78 is 11.1. The molecule has 3 nitrogen and oxygen atoms in total. The van der Waals surface area contributed by atoms with Gasteiger partial charge >= 0.3 is 0 Å². The third-order valence-corrected chi connectivity index (χ3v) is 2.96. The standard InChI is InChI=1S/C12H19NO2/c1-3-13-11(10-5-4-8-15-10)12(14-2)9-6-7-9/h4-5,8-9,11-13H,3,6-7H2,1-2H3. The lowest BCUT2D eigenvalue weighted by Crippen LogP contribution is -2.34. The second-order valence-electron chi connectivity index (χ2n) is 4.09. The molecule has 0 aromatic carbocycles. The second-order valence-corrected chi connectivity index (χ2v) is 4.09. The van der Waals surface area contributed by atoms with Gasteiger partial charge in [-0.15, -0.1) is 0 Å². The van der Waals surface area contributed by atoms with Gasteiger partial charge in [0.15, 0.2) is 0 Å². The smallest absolute Gasteiger partial charge is 0.123 e. The van der Waals surface area contributed by atoms with Crippen molar-refractivity contribution in [2.75, 3.05) is 13.7 Å². The molecule has 0 radical (unpaired) electrons. The van der Waals surface area contributed by atoms with E-state index in [2.05, 4.69) is 12.2 Å². The number of hydrogen-bond acceptors (Lipinski definition) is 3. The molecular formula is C12H19NO2. The van der Waals surface area contributed by atoms with Crippen molar-refractivity contribution in [3.63, 3.8) is 0 Å². The first kappa shape index (κ1) is 10.7. The van der Waals surface area contributed by atoms with E-state index in [1.165, 1.54) is 12.8 Å². The van der Waals surface area contributed by atoms with Crippen LogP contribution < -0.4 is 5.32 Å². The number of likely N-dealkylation sites (N-methyl/N-ethyl adjacent to an activating group) is 1. The normalized spacial score (nSPS) is 20.1. The predicted molar refractivity (Wildman–Crippen MR) is 58.6 cm³/mol. The molecule has 1 aliphatic rings. The molecule has 1 aliphatic carbocycles. The summed E-state index contributed by atoms with van der Waals surface area (Å²) >= 11 is 0. The second kappa shape index (κ2) is 4.81. The zero-order valence-corrected chi connectivity index (χ0v) is 9.40. The van der Waals surface area contributed by atoms with Crippen LogP contribution in [0, 0.1) is 5.92 Å². The number of nitrogens with one attached hydrogen (secondary N) is 1. The van der Waals surface area contributed by atoms with Crippen LogP contribution in [0.4, 0.5) is 0 Å². The van der Waals surface area contributed by atoms with Gasteiger partial charge in [0.25, 0.3) is 0 Å². The van der Waals surface area contributed by atoms with Crippen molar-refractivity contribution in [1.29, 1.82) is 0 Å². The van der Waals surface area contributed by atoms with Gasteiger partial charge in [-0.1, -0.05) is 6.92 Å². The van der Waals surface area contributed by atoms with E-state index < -0.39 is 0 Å². The molecule has 0 aliphatic heterocycles. The van der Waals surface area contributed by atoms with Crippen molar-refractivity contribution >= 4 is 0 Å². The van der Waals surface area contributed by atoms with E-state index in [9.17, 15) is 0 Å². The Labute approximate surface area is 90.8 Å². The largest absolute Gasteiger partial charge is 0.468 e. The van der Waals surface area contributed by atoms with Gasteiger partial charge in [0.2, 0.25) is 0 Å². The number of hydrogen-bond donors (Lipinski definition) is 1. The minimum absolute atomic E-state index is 0.197. The fourth-order valence-corrected chi connectivity index (χ4v) is 2.09. The Bertz CT molecular complexity index is 280. The molecule has 1 aromatic rings. The van der Waals surface area contributed by atoms with Crippen LogP contribution in [0.2, 0.25) is 0 Å². The lowest BCUT2D eigenvalue weighted by molar-refractivity contribution is 0.0444. The summed E-state index contributed by atoms with van der Waals surface area (Å²) in [5.74, 6) is 1.68. The zero-order valence-electron chi connectivity index (χ0n) is 9.40. The monoisotopic (exact) mass is 209 g/mol. The minimum atomic E-state index is 0.197. The quantitative estimate of drug-likeness (QED) is 0.781. The van der Waals surface area contributed by atoms with Crippen molar-refractivity contribution in [1.82, 2.24) is 5.32 Å². The summed E-state index contributed by atoms with van der Waals surface area (Å²) in [6.07, 6.45) is 4.53. The maximum absolute atomic E-state index is 5.59. The van der Waals surface area contributed by atoms with E-state index in [1.807, 2.05) is 12.1 Å². The molecule has 1 fully saturated rings. The van der Waals surface area contributed by atoms with Crippen molar-refractivity contribution in [2.24, 2.45) is 5.92 Å². The van der Waals surface area contributed by atoms with E-state index in [-0.39, 0.29) is 12.1 Å². The molecule has 1 heterocycles. The Hall–Kier alpha value is -0.800. The Morgan fingerprint density at radius 3 is 2.87 bits per heavy atom. The van der Waals surface area contributed by atoms with Gasteiger partial charge in [-0.05, 0) is 37.4 Å². The van der Waals surface area contributed by atoms with Crippen molar-refractivity contribution < 1.29 is 9.15 Å². The molecule has 2 rings (SSSR count). The highest BCUT2D eigenvalue weighted by Crippen LogP contribution is 2.39. The van der Waals surface area contributed by atoms with Crippen LogP contribution in [0.3, 0.4) is 0 Å². The maximum Gasteiger partial charge on any atom is 0.123 e. The van der Waals surface area contributed by atoms with E-state index in [1.54, 1.807) is 13.4 Å². The number of furan rings is 1. The first-order chi connectivity index (χ1) is 7.36. The molecule has 0 spiro atoms. The molecule has 1 saturated carbocycles. The molecule has 1 aromatic heterocycles.